The Bertz CT molecular complexity index is 1270. The van der Waals surface area contributed by atoms with Crippen molar-refractivity contribution in [2.24, 2.45) is 0 Å². The minimum atomic E-state index is -0.407. The third kappa shape index (κ3) is 5.30. The zero-order valence-electron chi connectivity index (χ0n) is 18.6. The van der Waals surface area contributed by atoms with Gasteiger partial charge >= 0.3 is 0 Å². The second-order valence-electron chi connectivity index (χ2n) is 7.45. The van der Waals surface area contributed by atoms with E-state index >= 15 is 0 Å². The molecule has 1 aliphatic heterocycles. The van der Waals surface area contributed by atoms with Gasteiger partial charge in [0.2, 0.25) is 0 Å². The maximum absolute atomic E-state index is 12.9. The Balaban J connectivity index is 1.47. The fraction of sp³-hybridized carbons (Fsp3) is 0.115. The lowest BCUT2D eigenvalue weighted by Gasteiger charge is -2.15. The number of thioether (sulfide) groups is 1. The van der Waals surface area contributed by atoms with Gasteiger partial charge in [-0.1, -0.05) is 60.3 Å². The zero-order valence-corrected chi connectivity index (χ0v) is 20.2. The molecule has 1 fully saturated rings. The zero-order chi connectivity index (χ0) is 24.1. The van der Waals surface area contributed by atoms with E-state index in [-0.39, 0.29) is 4.32 Å². The molecular formula is C26H22N2O4S2. The number of benzene rings is 3. The molecule has 6 nitrogen and oxygen atoms in total. The van der Waals surface area contributed by atoms with Crippen molar-refractivity contribution in [3.8, 4) is 11.5 Å². The first-order valence-electron chi connectivity index (χ1n) is 10.5. The van der Waals surface area contributed by atoms with E-state index in [1.54, 1.807) is 49.6 Å². The van der Waals surface area contributed by atoms with Crippen LogP contribution in [0.15, 0.2) is 77.7 Å². The number of amides is 2. The third-order valence-electron chi connectivity index (χ3n) is 5.17. The molecule has 0 unspecified atom stereocenters. The van der Waals surface area contributed by atoms with Crippen molar-refractivity contribution in [2.75, 3.05) is 7.11 Å². The molecule has 1 N–H and O–H groups in total. The van der Waals surface area contributed by atoms with E-state index in [0.717, 1.165) is 33.5 Å². The number of thiocarbonyl (C=S) groups is 1. The molecule has 0 bridgehead atoms. The van der Waals surface area contributed by atoms with Crippen LogP contribution in [0.1, 0.15) is 27.0 Å². The lowest BCUT2D eigenvalue weighted by atomic mass is 10.1. The average molecular weight is 491 g/mol. The van der Waals surface area contributed by atoms with E-state index < -0.39 is 11.8 Å². The maximum atomic E-state index is 12.9. The summed E-state index contributed by atoms with van der Waals surface area (Å²) in [4.78, 5) is 25.7. The summed E-state index contributed by atoms with van der Waals surface area (Å²) in [5.74, 6) is 0.355. The molecule has 1 saturated heterocycles. The van der Waals surface area contributed by atoms with Crippen molar-refractivity contribution in [1.29, 1.82) is 0 Å². The van der Waals surface area contributed by atoms with Gasteiger partial charge in [0.05, 0.1) is 12.0 Å². The smallest absolute Gasteiger partial charge is 0.285 e. The summed E-state index contributed by atoms with van der Waals surface area (Å²) >= 11 is 6.43. The van der Waals surface area contributed by atoms with Crippen molar-refractivity contribution in [1.82, 2.24) is 10.4 Å². The van der Waals surface area contributed by atoms with E-state index in [4.69, 9.17) is 21.7 Å². The Morgan fingerprint density at radius 1 is 1.06 bits per heavy atom. The predicted molar refractivity (Wildman–Crippen MR) is 137 cm³/mol. The van der Waals surface area contributed by atoms with Gasteiger partial charge in [-0.15, -0.1) is 0 Å². The molecule has 1 aliphatic rings. The molecule has 0 aromatic heterocycles. The number of aryl methyl sites for hydroxylation is 1. The number of carbonyl (C=O) groups excluding carboxylic acids is 2. The van der Waals surface area contributed by atoms with E-state index in [2.05, 4.69) is 5.43 Å². The normalized spacial score (nSPS) is 14.4. The molecule has 3 aromatic carbocycles. The molecule has 172 valence electrons. The largest absolute Gasteiger partial charge is 0.493 e. The van der Waals surface area contributed by atoms with Crippen LogP contribution in [0.25, 0.3) is 6.08 Å². The van der Waals surface area contributed by atoms with Gasteiger partial charge in [-0.25, -0.2) is 0 Å². The number of hydrazine groups is 1. The second kappa shape index (κ2) is 10.5. The van der Waals surface area contributed by atoms with Crippen LogP contribution >= 0.6 is 24.0 Å². The number of nitrogens with zero attached hydrogens (tertiary/aromatic N) is 1. The SMILES string of the molecule is COc1cc(/C=C2\SC(=S)N(NC(=O)c3ccccc3)C2=O)ccc1OCc1ccccc1C. The van der Waals surface area contributed by atoms with Crippen molar-refractivity contribution >= 4 is 46.2 Å². The van der Waals surface area contributed by atoms with Gasteiger partial charge < -0.3 is 9.47 Å². The molecular weight excluding hydrogens is 468 g/mol. The molecule has 2 amide bonds. The van der Waals surface area contributed by atoms with Gasteiger partial charge in [0.15, 0.2) is 15.8 Å². The average Bonchev–Trinajstić information content (AvgIpc) is 3.11. The Kier molecular flexibility index (Phi) is 7.30. The molecule has 0 radical (unpaired) electrons. The molecule has 0 aliphatic carbocycles. The minimum absolute atomic E-state index is 0.255. The predicted octanol–water partition coefficient (Wildman–Crippen LogP) is 5.13. The van der Waals surface area contributed by atoms with Gasteiger partial charge in [-0.05, 0) is 66.2 Å². The fourth-order valence-electron chi connectivity index (χ4n) is 3.29. The highest BCUT2D eigenvalue weighted by atomic mass is 32.2. The molecule has 3 aromatic rings. The van der Waals surface area contributed by atoms with Crippen LogP contribution < -0.4 is 14.9 Å². The lowest BCUT2D eigenvalue weighted by molar-refractivity contribution is -0.123. The van der Waals surface area contributed by atoms with Crippen molar-refractivity contribution < 1.29 is 19.1 Å². The van der Waals surface area contributed by atoms with Crippen LogP contribution in [0.3, 0.4) is 0 Å². The second-order valence-corrected chi connectivity index (χ2v) is 9.13. The van der Waals surface area contributed by atoms with Crippen molar-refractivity contribution in [3.05, 3.63) is 100.0 Å². The third-order valence-corrected chi connectivity index (χ3v) is 6.48. The maximum Gasteiger partial charge on any atom is 0.285 e. The number of carbonyl (C=O) groups is 2. The number of hydrogen-bond acceptors (Lipinski definition) is 6. The molecule has 34 heavy (non-hydrogen) atoms. The summed E-state index contributed by atoms with van der Waals surface area (Å²) in [7, 11) is 1.57. The molecule has 4 rings (SSSR count). The summed E-state index contributed by atoms with van der Waals surface area (Å²) in [5, 5.41) is 1.10. The minimum Gasteiger partial charge on any atom is -0.493 e. The number of methoxy groups -OCH3 is 1. The van der Waals surface area contributed by atoms with E-state index in [0.29, 0.717) is 28.6 Å². The first-order valence-corrected chi connectivity index (χ1v) is 11.7. The Morgan fingerprint density at radius 3 is 2.53 bits per heavy atom. The first-order chi connectivity index (χ1) is 16.5. The number of rotatable bonds is 7. The molecule has 8 heteroatoms. The number of hydrogen-bond donors (Lipinski definition) is 1. The number of ether oxygens (including phenoxy) is 2. The quantitative estimate of drug-likeness (QED) is 0.366. The summed E-state index contributed by atoms with van der Waals surface area (Å²) in [5.41, 5.74) is 6.00. The van der Waals surface area contributed by atoms with Crippen LogP contribution in [-0.2, 0) is 11.4 Å². The summed E-state index contributed by atoms with van der Waals surface area (Å²) < 4.78 is 11.7. The molecule has 0 atom stereocenters. The molecule has 1 heterocycles. The van der Waals surface area contributed by atoms with Crippen LogP contribution in [0.2, 0.25) is 0 Å². The Hall–Kier alpha value is -3.62. The van der Waals surface area contributed by atoms with Gasteiger partial charge in [0.1, 0.15) is 6.61 Å². The Morgan fingerprint density at radius 2 is 1.79 bits per heavy atom. The van der Waals surface area contributed by atoms with Crippen LogP contribution in [-0.4, -0.2) is 28.3 Å². The molecule has 0 saturated carbocycles. The standard InChI is InChI=1S/C26H22N2O4S2/c1-17-8-6-7-11-20(17)16-32-21-13-12-18(14-22(21)31-2)15-23-25(30)28(26(33)34-23)27-24(29)19-9-4-3-5-10-19/h3-15H,16H2,1-2H3,(H,27,29)/b23-15-. The monoisotopic (exact) mass is 490 g/mol. The lowest BCUT2D eigenvalue weighted by Crippen LogP contribution is -2.44. The van der Waals surface area contributed by atoms with E-state index in [9.17, 15) is 9.59 Å². The van der Waals surface area contributed by atoms with Crippen LogP contribution in [0.4, 0.5) is 0 Å². The van der Waals surface area contributed by atoms with E-state index in [1.165, 1.54) is 0 Å². The Labute approximate surface area is 207 Å². The highest BCUT2D eigenvalue weighted by molar-refractivity contribution is 8.26. The van der Waals surface area contributed by atoms with Gasteiger partial charge in [0.25, 0.3) is 11.8 Å². The van der Waals surface area contributed by atoms with Crippen molar-refractivity contribution in [2.45, 2.75) is 13.5 Å². The first kappa shape index (κ1) is 23.5. The highest BCUT2D eigenvalue weighted by Gasteiger charge is 2.33. The van der Waals surface area contributed by atoms with Gasteiger partial charge in [-0.2, -0.15) is 5.01 Å². The van der Waals surface area contributed by atoms with E-state index in [1.807, 2.05) is 43.3 Å². The van der Waals surface area contributed by atoms with Gasteiger partial charge in [-0.3, -0.25) is 15.0 Å². The topological polar surface area (TPSA) is 67.9 Å². The summed E-state index contributed by atoms with van der Waals surface area (Å²) in [6, 6.07) is 22.1. The summed E-state index contributed by atoms with van der Waals surface area (Å²) in [6.45, 7) is 2.46. The summed E-state index contributed by atoms with van der Waals surface area (Å²) in [6.07, 6.45) is 1.71. The molecule has 0 spiro atoms. The van der Waals surface area contributed by atoms with Crippen LogP contribution in [0.5, 0.6) is 11.5 Å². The van der Waals surface area contributed by atoms with Gasteiger partial charge in [0, 0.05) is 5.56 Å². The fourth-order valence-corrected chi connectivity index (χ4v) is 4.47. The van der Waals surface area contributed by atoms with Crippen molar-refractivity contribution in [3.63, 3.8) is 0 Å². The highest BCUT2D eigenvalue weighted by Crippen LogP contribution is 2.34. The van der Waals surface area contributed by atoms with Crippen LogP contribution in [0, 0.1) is 6.92 Å². The number of nitrogens with one attached hydrogen (secondary N) is 1.